The van der Waals surface area contributed by atoms with E-state index in [1.54, 1.807) is 0 Å². The summed E-state index contributed by atoms with van der Waals surface area (Å²) in [5, 5.41) is 3.02. The molecular weight excluding hydrogens is 128 g/mol. The van der Waals surface area contributed by atoms with Gasteiger partial charge in [0.1, 0.15) is 5.76 Å². The van der Waals surface area contributed by atoms with Crippen molar-refractivity contribution >= 4 is 0 Å². The first-order valence-electron chi connectivity index (χ1n) is 3.31. The van der Waals surface area contributed by atoms with Crippen LogP contribution in [0.5, 0.6) is 0 Å². The number of hydrogen-bond donors (Lipinski definition) is 1. The van der Waals surface area contributed by atoms with E-state index in [1.165, 1.54) is 0 Å². The number of aryl methyl sites for hydroxylation is 2. The van der Waals surface area contributed by atoms with Crippen LogP contribution < -0.4 is 5.32 Å². The third-order valence-corrected chi connectivity index (χ3v) is 1.34. The van der Waals surface area contributed by atoms with Gasteiger partial charge < -0.3 is 9.73 Å². The minimum atomic E-state index is 0.739. The van der Waals surface area contributed by atoms with Crippen LogP contribution in [0.25, 0.3) is 0 Å². The van der Waals surface area contributed by atoms with Crippen LogP contribution in [0.4, 0.5) is 0 Å². The molecule has 10 heavy (non-hydrogen) atoms. The fraction of sp³-hybridized carbons (Fsp3) is 0.571. The number of rotatable bonds is 2. The SMILES string of the molecule is CNCc1nc(C)oc1C. The fourth-order valence-corrected chi connectivity index (χ4v) is 0.904. The van der Waals surface area contributed by atoms with Gasteiger partial charge in [0.25, 0.3) is 0 Å². The number of hydrogen-bond acceptors (Lipinski definition) is 3. The van der Waals surface area contributed by atoms with E-state index in [4.69, 9.17) is 4.42 Å². The minimum Gasteiger partial charge on any atom is -0.446 e. The van der Waals surface area contributed by atoms with E-state index in [0.29, 0.717) is 0 Å². The van der Waals surface area contributed by atoms with Crippen LogP contribution >= 0.6 is 0 Å². The summed E-state index contributed by atoms with van der Waals surface area (Å²) in [5.41, 5.74) is 1.00. The molecule has 0 saturated carbocycles. The Hall–Kier alpha value is -0.830. The van der Waals surface area contributed by atoms with Crippen LogP contribution in [0.3, 0.4) is 0 Å². The normalized spacial score (nSPS) is 10.3. The summed E-state index contributed by atoms with van der Waals surface area (Å²) >= 11 is 0. The van der Waals surface area contributed by atoms with Crippen molar-refractivity contribution in [3.63, 3.8) is 0 Å². The molecule has 0 bridgehead atoms. The average Bonchev–Trinajstić information content (AvgIpc) is 2.13. The van der Waals surface area contributed by atoms with Crippen molar-refractivity contribution in [2.45, 2.75) is 20.4 Å². The summed E-state index contributed by atoms with van der Waals surface area (Å²) in [6.07, 6.45) is 0. The molecule has 0 atom stereocenters. The van der Waals surface area contributed by atoms with E-state index in [-0.39, 0.29) is 0 Å². The van der Waals surface area contributed by atoms with E-state index in [9.17, 15) is 0 Å². The van der Waals surface area contributed by atoms with Crippen LogP contribution in [0.2, 0.25) is 0 Å². The molecule has 0 aliphatic carbocycles. The second kappa shape index (κ2) is 2.84. The Kier molecular flexibility index (Phi) is 2.06. The van der Waals surface area contributed by atoms with Gasteiger partial charge in [-0.2, -0.15) is 0 Å². The zero-order valence-electron chi connectivity index (χ0n) is 6.56. The monoisotopic (exact) mass is 140 g/mol. The van der Waals surface area contributed by atoms with E-state index in [2.05, 4.69) is 10.3 Å². The molecule has 0 spiro atoms. The van der Waals surface area contributed by atoms with Gasteiger partial charge in [0, 0.05) is 13.5 Å². The molecule has 3 heteroatoms. The van der Waals surface area contributed by atoms with Crippen molar-refractivity contribution < 1.29 is 4.42 Å². The molecule has 0 saturated heterocycles. The van der Waals surface area contributed by atoms with E-state index < -0.39 is 0 Å². The van der Waals surface area contributed by atoms with Crippen LogP contribution in [0.15, 0.2) is 4.42 Å². The van der Waals surface area contributed by atoms with Gasteiger partial charge >= 0.3 is 0 Å². The van der Waals surface area contributed by atoms with Crippen molar-refractivity contribution in [2.24, 2.45) is 0 Å². The zero-order valence-corrected chi connectivity index (χ0v) is 6.56. The van der Waals surface area contributed by atoms with Gasteiger partial charge in [0.05, 0.1) is 5.69 Å². The number of nitrogens with zero attached hydrogens (tertiary/aromatic N) is 1. The lowest BCUT2D eigenvalue weighted by Crippen LogP contribution is -2.06. The fourth-order valence-electron chi connectivity index (χ4n) is 0.904. The molecule has 1 aromatic rings. The van der Waals surface area contributed by atoms with Gasteiger partial charge in [-0.3, -0.25) is 0 Å². The summed E-state index contributed by atoms with van der Waals surface area (Å²) in [4.78, 5) is 4.17. The van der Waals surface area contributed by atoms with Gasteiger partial charge in [-0.1, -0.05) is 0 Å². The summed E-state index contributed by atoms with van der Waals surface area (Å²) in [5.74, 6) is 1.65. The minimum absolute atomic E-state index is 0.739. The average molecular weight is 140 g/mol. The van der Waals surface area contributed by atoms with Gasteiger partial charge in [0.2, 0.25) is 0 Å². The predicted octanol–water partition coefficient (Wildman–Crippen LogP) is 1.01. The maximum Gasteiger partial charge on any atom is 0.191 e. The second-order valence-corrected chi connectivity index (χ2v) is 2.27. The smallest absolute Gasteiger partial charge is 0.191 e. The Bertz CT molecular complexity index is 217. The largest absolute Gasteiger partial charge is 0.446 e. The first-order chi connectivity index (χ1) is 4.74. The molecule has 56 valence electrons. The molecule has 0 aliphatic rings. The van der Waals surface area contributed by atoms with Crippen LogP contribution in [-0.2, 0) is 6.54 Å². The molecule has 1 aromatic heterocycles. The molecule has 0 unspecified atom stereocenters. The van der Waals surface area contributed by atoms with E-state index in [0.717, 1.165) is 23.9 Å². The highest BCUT2D eigenvalue weighted by Crippen LogP contribution is 2.07. The molecule has 3 nitrogen and oxygen atoms in total. The molecule has 1 heterocycles. The lowest BCUT2D eigenvalue weighted by Gasteiger charge is -1.91. The highest BCUT2D eigenvalue weighted by Gasteiger charge is 2.03. The summed E-state index contributed by atoms with van der Waals surface area (Å²) in [6, 6.07) is 0. The number of aromatic nitrogens is 1. The van der Waals surface area contributed by atoms with Crippen molar-refractivity contribution in [2.75, 3.05) is 7.05 Å². The Balaban J connectivity index is 2.81. The zero-order chi connectivity index (χ0) is 7.56. The summed E-state index contributed by atoms with van der Waals surface area (Å²) < 4.78 is 5.22. The Morgan fingerprint density at radius 1 is 1.50 bits per heavy atom. The van der Waals surface area contributed by atoms with Gasteiger partial charge in [-0.15, -0.1) is 0 Å². The van der Waals surface area contributed by atoms with Crippen molar-refractivity contribution in [3.8, 4) is 0 Å². The maximum atomic E-state index is 5.22. The van der Waals surface area contributed by atoms with Crippen LogP contribution in [-0.4, -0.2) is 12.0 Å². The maximum absolute atomic E-state index is 5.22. The Morgan fingerprint density at radius 2 is 2.20 bits per heavy atom. The number of oxazole rings is 1. The van der Waals surface area contributed by atoms with E-state index in [1.807, 2.05) is 20.9 Å². The van der Waals surface area contributed by atoms with Gasteiger partial charge in [0.15, 0.2) is 5.89 Å². The highest BCUT2D eigenvalue weighted by atomic mass is 16.4. The first-order valence-corrected chi connectivity index (χ1v) is 3.31. The molecule has 1 rings (SSSR count). The summed E-state index contributed by atoms with van der Waals surface area (Å²) in [7, 11) is 1.89. The quantitative estimate of drug-likeness (QED) is 0.666. The van der Waals surface area contributed by atoms with Crippen molar-refractivity contribution in [1.29, 1.82) is 0 Å². The van der Waals surface area contributed by atoms with E-state index >= 15 is 0 Å². The number of nitrogens with one attached hydrogen (secondary N) is 1. The Labute approximate surface area is 60.5 Å². The van der Waals surface area contributed by atoms with Crippen LogP contribution in [0.1, 0.15) is 17.3 Å². The molecule has 0 radical (unpaired) electrons. The van der Waals surface area contributed by atoms with Crippen molar-refractivity contribution in [3.05, 3.63) is 17.3 Å². The van der Waals surface area contributed by atoms with Crippen molar-refractivity contribution in [1.82, 2.24) is 10.3 Å². The molecule has 0 aromatic carbocycles. The molecule has 1 N–H and O–H groups in total. The lowest BCUT2D eigenvalue weighted by atomic mass is 10.4. The highest BCUT2D eigenvalue weighted by molar-refractivity contribution is 5.06. The Morgan fingerprint density at radius 3 is 2.60 bits per heavy atom. The third-order valence-electron chi connectivity index (χ3n) is 1.34. The predicted molar refractivity (Wildman–Crippen MR) is 38.7 cm³/mol. The molecule has 0 fully saturated rings. The molecule has 0 aliphatic heterocycles. The third kappa shape index (κ3) is 1.36. The standard InChI is InChI=1S/C7H12N2O/c1-5-7(4-8-3)9-6(2)10-5/h8H,4H2,1-3H3. The molecule has 0 amide bonds. The first kappa shape index (κ1) is 7.28. The van der Waals surface area contributed by atoms with Crippen LogP contribution in [0, 0.1) is 13.8 Å². The lowest BCUT2D eigenvalue weighted by molar-refractivity contribution is 0.492. The van der Waals surface area contributed by atoms with Gasteiger partial charge in [-0.05, 0) is 14.0 Å². The second-order valence-electron chi connectivity index (χ2n) is 2.27. The van der Waals surface area contributed by atoms with Gasteiger partial charge in [-0.25, -0.2) is 4.98 Å². The summed E-state index contributed by atoms with van der Waals surface area (Å²) in [6.45, 7) is 4.56. The molecular formula is C7H12N2O. The topological polar surface area (TPSA) is 38.1 Å².